The second-order valence-electron chi connectivity index (χ2n) is 4.44. The van der Waals surface area contributed by atoms with Crippen LogP contribution in [-0.2, 0) is 4.79 Å². The summed E-state index contributed by atoms with van der Waals surface area (Å²) in [5, 5.41) is 3.95. The topological polar surface area (TPSA) is 119 Å². The highest BCUT2D eigenvalue weighted by molar-refractivity contribution is 5.80. The zero-order chi connectivity index (χ0) is 15.4. The van der Waals surface area contributed by atoms with Gasteiger partial charge in [0.2, 0.25) is 17.8 Å². The lowest BCUT2D eigenvalue weighted by atomic mass is 10.4. The zero-order valence-corrected chi connectivity index (χ0v) is 12.1. The van der Waals surface area contributed by atoms with Crippen molar-refractivity contribution >= 4 is 17.8 Å². The number of amides is 1. The van der Waals surface area contributed by atoms with Gasteiger partial charge in [-0.25, -0.2) is 4.98 Å². The molecule has 0 aliphatic carbocycles. The van der Waals surface area contributed by atoms with Crippen molar-refractivity contribution in [3.63, 3.8) is 0 Å². The van der Waals surface area contributed by atoms with E-state index in [1.54, 1.807) is 19.0 Å². The van der Waals surface area contributed by atoms with E-state index >= 15 is 0 Å². The van der Waals surface area contributed by atoms with Crippen molar-refractivity contribution < 1.29 is 4.79 Å². The van der Waals surface area contributed by atoms with Crippen molar-refractivity contribution in [1.82, 2.24) is 34.6 Å². The van der Waals surface area contributed by atoms with E-state index in [1.807, 2.05) is 6.92 Å². The van der Waals surface area contributed by atoms with E-state index in [4.69, 9.17) is 5.73 Å². The molecule has 0 aliphatic rings. The minimum absolute atomic E-state index is 0.0567. The Labute approximate surface area is 121 Å². The fourth-order valence-electron chi connectivity index (χ4n) is 1.55. The molecule has 0 saturated carbocycles. The minimum Gasteiger partial charge on any atom is -0.368 e. The average Bonchev–Trinajstić information content (AvgIpc) is 2.97. The van der Waals surface area contributed by atoms with Crippen LogP contribution in [0.15, 0.2) is 12.7 Å². The summed E-state index contributed by atoms with van der Waals surface area (Å²) >= 11 is 0. The summed E-state index contributed by atoms with van der Waals surface area (Å²) < 4.78 is 1.38. The Bertz CT molecular complexity index is 610. The molecular weight excluding hydrogens is 274 g/mol. The van der Waals surface area contributed by atoms with Gasteiger partial charge in [-0.2, -0.15) is 24.7 Å². The maximum Gasteiger partial charge on any atom is 0.258 e. The molecule has 0 radical (unpaired) electrons. The van der Waals surface area contributed by atoms with Gasteiger partial charge in [-0.05, 0) is 6.92 Å². The van der Waals surface area contributed by atoms with Crippen LogP contribution in [0.2, 0.25) is 0 Å². The fourth-order valence-corrected chi connectivity index (χ4v) is 1.55. The van der Waals surface area contributed by atoms with Gasteiger partial charge in [0.05, 0.1) is 6.54 Å². The van der Waals surface area contributed by atoms with Crippen molar-refractivity contribution in [2.45, 2.75) is 6.92 Å². The lowest BCUT2D eigenvalue weighted by molar-refractivity contribution is -0.127. The van der Waals surface area contributed by atoms with Gasteiger partial charge in [0.25, 0.3) is 5.95 Å². The van der Waals surface area contributed by atoms with Crippen molar-refractivity contribution in [2.24, 2.45) is 0 Å². The third-order valence-electron chi connectivity index (χ3n) is 2.74. The van der Waals surface area contributed by atoms with E-state index in [0.29, 0.717) is 12.5 Å². The lowest BCUT2D eigenvalue weighted by Gasteiger charge is -2.22. The molecule has 2 aromatic rings. The molecule has 0 aromatic carbocycles. The van der Waals surface area contributed by atoms with E-state index in [-0.39, 0.29) is 24.3 Å². The van der Waals surface area contributed by atoms with Gasteiger partial charge in [0, 0.05) is 20.6 Å². The molecule has 2 N–H and O–H groups in total. The molecule has 0 aliphatic heterocycles. The fraction of sp³-hybridized carbons (Fsp3) is 0.455. The number of nitrogen functional groups attached to an aromatic ring is 1. The van der Waals surface area contributed by atoms with Crippen LogP contribution >= 0.6 is 0 Å². The van der Waals surface area contributed by atoms with Gasteiger partial charge in [-0.15, -0.1) is 0 Å². The van der Waals surface area contributed by atoms with Crippen LogP contribution in [0.1, 0.15) is 6.92 Å². The summed E-state index contributed by atoms with van der Waals surface area (Å²) in [6, 6.07) is 0. The SMILES string of the molecule is CCN(CC(=O)N(C)C)c1nc(N)nc(-n2cncn2)n1. The van der Waals surface area contributed by atoms with Gasteiger partial charge in [-0.1, -0.05) is 0 Å². The Hall–Kier alpha value is -2.78. The van der Waals surface area contributed by atoms with Gasteiger partial charge < -0.3 is 15.5 Å². The standard InChI is InChI=1S/C11H17N9O/c1-4-19(5-8(21)18(2)3)10-15-9(12)16-11(17-10)20-7-13-6-14-20/h6-7H,4-5H2,1-3H3,(H2,12,15,16,17). The Morgan fingerprint density at radius 3 is 2.67 bits per heavy atom. The van der Waals surface area contributed by atoms with Crippen molar-refractivity contribution in [1.29, 1.82) is 0 Å². The van der Waals surface area contributed by atoms with E-state index in [2.05, 4.69) is 25.0 Å². The van der Waals surface area contributed by atoms with E-state index in [0.717, 1.165) is 0 Å². The highest BCUT2D eigenvalue weighted by atomic mass is 16.2. The van der Waals surface area contributed by atoms with Crippen molar-refractivity contribution in [2.75, 3.05) is 37.8 Å². The molecule has 112 valence electrons. The normalized spacial score (nSPS) is 10.4. The molecule has 0 fully saturated rings. The number of rotatable bonds is 5. The van der Waals surface area contributed by atoms with Gasteiger partial charge in [0.1, 0.15) is 12.7 Å². The Morgan fingerprint density at radius 1 is 1.33 bits per heavy atom. The Kier molecular flexibility index (Phi) is 4.26. The summed E-state index contributed by atoms with van der Waals surface area (Å²) in [5.74, 6) is 0.579. The van der Waals surface area contributed by atoms with Crippen LogP contribution < -0.4 is 10.6 Å². The number of nitrogens with two attached hydrogens (primary N) is 1. The average molecular weight is 291 g/mol. The summed E-state index contributed by atoms with van der Waals surface area (Å²) in [6.45, 7) is 2.61. The molecule has 0 atom stereocenters. The smallest absolute Gasteiger partial charge is 0.258 e. The summed E-state index contributed by atoms with van der Waals surface area (Å²) in [6.07, 6.45) is 2.83. The van der Waals surface area contributed by atoms with Crippen molar-refractivity contribution in [3.05, 3.63) is 12.7 Å². The number of aromatic nitrogens is 6. The number of carbonyl (C=O) groups is 1. The number of nitrogens with zero attached hydrogens (tertiary/aromatic N) is 8. The number of likely N-dealkylation sites (N-methyl/N-ethyl adjacent to an activating group) is 2. The second-order valence-corrected chi connectivity index (χ2v) is 4.44. The van der Waals surface area contributed by atoms with Crippen molar-refractivity contribution in [3.8, 4) is 5.95 Å². The molecule has 10 nitrogen and oxygen atoms in total. The minimum atomic E-state index is -0.0573. The van der Waals surface area contributed by atoms with Gasteiger partial charge >= 0.3 is 0 Å². The number of hydrogen-bond acceptors (Lipinski definition) is 8. The molecule has 0 spiro atoms. The van der Waals surface area contributed by atoms with Crippen LogP contribution in [0.3, 0.4) is 0 Å². The highest BCUT2D eigenvalue weighted by Crippen LogP contribution is 2.11. The first-order valence-corrected chi connectivity index (χ1v) is 6.33. The lowest BCUT2D eigenvalue weighted by Crippen LogP contribution is -2.37. The molecule has 0 saturated heterocycles. The molecule has 1 amide bonds. The first-order chi connectivity index (χ1) is 10.0. The number of anilines is 2. The molecule has 0 bridgehead atoms. The second kappa shape index (κ2) is 6.11. The quantitative estimate of drug-likeness (QED) is 0.741. The van der Waals surface area contributed by atoms with Gasteiger partial charge in [-0.3, -0.25) is 4.79 Å². The van der Waals surface area contributed by atoms with Crippen LogP contribution in [0.5, 0.6) is 0 Å². The van der Waals surface area contributed by atoms with E-state index < -0.39 is 0 Å². The highest BCUT2D eigenvalue weighted by Gasteiger charge is 2.16. The zero-order valence-electron chi connectivity index (χ0n) is 12.1. The van der Waals surface area contributed by atoms with Crippen LogP contribution in [0.4, 0.5) is 11.9 Å². The first kappa shape index (κ1) is 14.6. The third-order valence-corrected chi connectivity index (χ3v) is 2.74. The monoisotopic (exact) mass is 291 g/mol. The van der Waals surface area contributed by atoms with E-state index in [1.165, 1.54) is 22.2 Å². The maximum atomic E-state index is 11.8. The third kappa shape index (κ3) is 3.41. The Morgan fingerprint density at radius 2 is 2.10 bits per heavy atom. The van der Waals surface area contributed by atoms with Crippen LogP contribution in [-0.4, -0.2) is 67.7 Å². The largest absolute Gasteiger partial charge is 0.368 e. The molecule has 2 rings (SSSR count). The molecule has 21 heavy (non-hydrogen) atoms. The number of carbonyl (C=O) groups excluding carboxylic acids is 1. The number of hydrogen-bond donors (Lipinski definition) is 1. The summed E-state index contributed by atoms with van der Waals surface area (Å²) in [5.41, 5.74) is 5.70. The predicted octanol–water partition coefficient (Wildman–Crippen LogP) is -1.05. The molecular formula is C11H17N9O. The summed E-state index contributed by atoms with van der Waals surface area (Å²) in [7, 11) is 3.39. The van der Waals surface area contributed by atoms with Crippen LogP contribution in [0, 0.1) is 0 Å². The van der Waals surface area contributed by atoms with E-state index in [9.17, 15) is 4.79 Å². The first-order valence-electron chi connectivity index (χ1n) is 6.33. The Balaban J connectivity index is 2.31. The van der Waals surface area contributed by atoms with Crippen LogP contribution in [0.25, 0.3) is 5.95 Å². The molecule has 2 heterocycles. The van der Waals surface area contributed by atoms with Gasteiger partial charge in [0.15, 0.2) is 0 Å². The predicted molar refractivity (Wildman–Crippen MR) is 75.7 cm³/mol. The molecule has 10 heteroatoms. The molecule has 2 aromatic heterocycles. The maximum absolute atomic E-state index is 11.8. The summed E-state index contributed by atoms with van der Waals surface area (Å²) in [4.78, 5) is 31.2. The molecule has 0 unspecified atom stereocenters.